The molecular weight excluding hydrogens is 351 g/mol. The number of rotatable bonds is 2. The molecule has 0 N–H and O–H groups in total. The Labute approximate surface area is 156 Å². The summed E-state index contributed by atoms with van der Waals surface area (Å²) in [5.41, 5.74) is 0.380. The molecule has 0 aliphatic carbocycles. The summed E-state index contributed by atoms with van der Waals surface area (Å²) in [6.45, 7) is 1.23. The Morgan fingerprint density at radius 2 is 2.19 bits per heavy atom. The fraction of sp³-hybridized carbons (Fsp3) is 0.421. The van der Waals surface area contributed by atoms with Crippen LogP contribution in [0.15, 0.2) is 36.8 Å². The minimum atomic E-state index is -0.646. The average molecular weight is 372 g/mol. The van der Waals surface area contributed by atoms with E-state index in [-0.39, 0.29) is 18.4 Å². The highest BCUT2D eigenvalue weighted by Gasteiger charge is 2.44. The minimum absolute atomic E-state index is 0.0791. The molecule has 2 amide bonds. The Kier molecular flexibility index (Phi) is 4.43. The number of benzene rings is 1. The molecule has 142 valence electrons. The van der Waals surface area contributed by atoms with Crippen LogP contribution < -0.4 is 4.90 Å². The van der Waals surface area contributed by atoms with Gasteiger partial charge in [-0.05, 0) is 31.0 Å². The van der Waals surface area contributed by atoms with Crippen molar-refractivity contribution in [3.63, 3.8) is 0 Å². The first-order chi connectivity index (χ1) is 13.0. The second kappa shape index (κ2) is 6.77. The number of nitrogens with zero attached hydrogens (tertiary/aromatic N) is 4. The van der Waals surface area contributed by atoms with Crippen molar-refractivity contribution in [3.05, 3.63) is 48.3 Å². The summed E-state index contributed by atoms with van der Waals surface area (Å²) in [6.07, 6.45) is 4.65. The van der Waals surface area contributed by atoms with E-state index in [1.807, 2.05) is 0 Å². The van der Waals surface area contributed by atoms with E-state index in [4.69, 9.17) is 4.74 Å². The smallest absolute Gasteiger partial charge is 0.272 e. The lowest BCUT2D eigenvalue weighted by atomic mass is 9.90. The van der Waals surface area contributed by atoms with Gasteiger partial charge in [-0.25, -0.2) is 9.37 Å². The van der Waals surface area contributed by atoms with Crippen LogP contribution in [0.2, 0.25) is 0 Å². The van der Waals surface area contributed by atoms with Crippen LogP contribution in [0.3, 0.4) is 0 Å². The van der Waals surface area contributed by atoms with Crippen LogP contribution in [0.4, 0.5) is 10.1 Å². The third kappa shape index (κ3) is 3.32. The highest BCUT2D eigenvalue weighted by atomic mass is 19.1. The largest absolute Gasteiger partial charge is 0.361 e. The molecule has 7 nitrogen and oxygen atoms in total. The van der Waals surface area contributed by atoms with E-state index < -0.39 is 11.4 Å². The van der Waals surface area contributed by atoms with Crippen molar-refractivity contribution in [2.75, 3.05) is 31.1 Å². The summed E-state index contributed by atoms with van der Waals surface area (Å²) < 4.78 is 21.2. The molecule has 1 aromatic heterocycles. The Balaban J connectivity index is 1.56. The van der Waals surface area contributed by atoms with Crippen LogP contribution >= 0.6 is 0 Å². The third-order valence-electron chi connectivity index (χ3n) is 5.23. The highest BCUT2D eigenvalue weighted by molar-refractivity contribution is 5.95. The minimum Gasteiger partial charge on any atom is -0.361 e. The van der Waals surface area contributed by atoms with Crippen molar-refractivity contribution in [3.8, 4) is 0 Å². The van der Waals surface area contributed by atoms with Crippen molar-refractivity contribution in [2.24, 2.45) is 7.05 Å². The molecule has 1 atom stereocenters. The van der Waals surface area contributed by atoms with Crippen LogP contribution in [-0.4, -0.2) is 58.1 Å². The van der Waals surface area contributed by atoms with E-state index in [1.54, 1.807) is 46.1 Å². The number of piperidine rings is 1. The first-order valence-corrected chi connectivity index (χ1v) is 8.93. The maximum absolute atomic E-state index is 13.6. The molecule has 0 bridgehead atoms. The van der Waals surface area contributed by atoms with Gasteiger partial charge in [0.25, 0.3) is 11.8 Å². The second-order valence-corrected chi connectivity index (χ2v) is 7.15. The lowest BCUT2D eigenvalue weighted by Gasteiger charge is -2.47. The van der Waals surface area contributed by atoms with Gasteiger partial charge >= 0.3 is 0 Å². The number of ether oxygens (including phenoxy) is 1. The molecule has 8 heteroatoms. The standard InChI is InChI=1S/C19H21FN4O3/c1-22-13-21-9-16(22)18(26)23-7-3-6-19(11-23)12-24(17(25)10-27-19)15-5-2-4-14(20)8-15/h2,4-5,8-9,13H,3,6-7,10-12H2,1H3. The van der Waals surface area contributed by atoms with Gasteiger partial charge in [0.15, 0.2) is 0 Å². The Hall–Kier alpha value is -2.74. The van der Waals surface area contributed by atoms with Crippen molar-refractivity contribution in [1.82, 2.24) is 14.5 Å². The molecule has 1 spiro atoms. The maximum atomic E-state index is 13.6. The monoisotopic (exact) mass is 372 g/mol. The number of morpholine rings is 1. The number of aromatic nitrogens is 2. The van der Waals surface area contributed by atoms with E-state index in [0.29, 0.717) is 31.0 Å². The number of hydrogen-bond acceptors (Lipinski definition) is 4. The van der Waals surface area contributed by atoms with E-state index in [9.17, 15) is 14.0 Å². The molecule has 0 saturated carbocycles. The Morgan fingerprint density at radius 1 is 1.33 bits per heavy atom. The number of anilines is 1. The number of carbonyl (C=O) groups is 2. The van der Waals surface area contributed by atoms with Gasteiger partial charge in [0.1, 0.15) is 23.7 Å². The van der Waals surface area contributed by atoms with Gasteiger partial charge in [-0.2, -0.15) is 0 Å². The van der Waals surface area contributed by atoms with Crippen molar-refractivity contribution < 1.29 is 18.7 Å². The summed E-state index contributed by atoms with van der Waals surface area (Å²) in [4.78, 5) is 32.5. The summed E-state index contributed by atoms with van der Waals surface area (Å²) >= 11 is 0. The third-order valence-corrected chi connectivity index (χ3v) is 5.23. The summed E-state index contributed by atoms with van der Waals surface area (Å²) in [7, 11) is 1.78. The van der Waals surface area contributed by atoms with Gasteiger partial charge < -0.3 is 19.1 Å². The first kappa shape index (κ1) is 17.7. The Bertz CT molecular complexity index is 883. The number of halogens is 1. The SMILES string of the molecule is Cn1cncc1C(=O)N1CCCC2(C1)CN(c1cccc(F)c1)C(=O)CO2. The lowest BCUT2D eigenvalue weighted by molar-refractivity contribution is -0.144. The van der Waals surface area contributed by atoms with E-state index >= 15 is 0 Å². The van der Waals surface area contributed by atoms with Crippen LogP contribution in [-0.2, 0) is 16.6 Å². The normalized spacial score (nSPS) is 23.1. The number of likely N-dealkylation sites (tertiary alicyclic amines) is 1. The number of carbonyl (C=O) groups excluding carboxylic acids is 2. The molecular formula is C19H21FN4O3. The molecule has 27 heavy (non-hydrogen) atoms. The van der Waals surface area contributed by atoms with Crippen LogP contribution in [0.25, 0.3) is 0 Å². The second-order valence-electron chi connectivity index (χ2n) is 7.15. The van der Waals surface area contributed by atoms with Gasteiger partial charge in [-0.3, -0.25) is 9.59 Å². The number of aryl methyl sites for hydroxylation is 1. The average Bonchev–Trinajstić information content (AvgIpc) is 3.09. The number of hydrogen-bond donors (Lipinski definition) is 0. The molecule has 2 fully saturated rings. The summed E-state index contributed by atoms with van der Waals surface area (Å²) in [5.74, 6) is -0.703. The highest BCUT2D eigenvalue weighted by Crippen LogP contribution is 2.32. The maximum Gasteiger partial charge on any atom is 0.272 e. The van der Waals surface area contributed by atoms with Gasteiger partial charge in [0, 0.05) is 19.3 Å². The Morgan fingerprint density at radius 3 is 2.93 bits per heavy atom. The molecule has 4 rings (SSSR count). The van der Waals surface area contributed by atoms with Gasteiger partial charge in [-0.1, -0.05) is 6.07 Å². The first-order valence-electron chi connectivity index (χ1n) is 8.93. The fourth-order valence-corrected chi connectivity index (χ4v) is 3.84. The number of imidazole rings is 1. The number of amides is 2. The predicted molar refractivity (Wildman–Crippen MR) is 95.8 cm³/mol. The molecule has 2 saturated heterocycles. The van der Waals surface area contributed by atoms with Crippen LogP contribution in [0.5, 0.6) is 0 Å². The summed E-state index contributed by atoms with van der Waals surface area (Å²) in [5, 5.41) is 0. The molecule has 2 aromatic rings. The van der Waals surface area contributed by atoms with Crippen LogP contribution in [0.1, 0.15) is 23.3 Å². The van der Waals surface area contributed by atoms with E-state index in [0.717, 1.165) is 12.8 Å². The van der Waals surface area contributed by atoms with Gasteiger partial charge in [0.05, 0.1) is 25.6 Å². The molecule has 3 heterocycles. The summed E-state index contributed by atoms with van der Waals surface area (Å²) in [6, 6.07) is 5.98. The zero-order valence-corrected chi connectivity index (χ0v) is 15.1. The van der Waals surface area contributed by atoms with Gasteiger partial charge in [-0.15, -0.1) is 0 Å². The van der Waals surface area contributed by atoms with Crippen molar-refractivity contribution in [2.45, 2.75) is 18.4 Å². The molecule has 0 radical (unpaired) electrons. The van der Waals surface area contributed by atoms with E-state index in [1.165, 1.54) is 12.1 Å². The quantitative estimate of drug-likeness (QED) is 0.803. The fourth-order valence-electron chi connectivity index (χ4n) is 3.84. The topological polar surface area (TPSA) is 67.7 Å². The molecule has 2 aliphatic rings. The van der Waals surface area contributed by atoms with Crippen molar-refractivity contribution >= 4 is 17.5 Å². The predicted octanol–water partition coefficient (Wildman–Crippen LogP) is 1.60. The molecule has 1 unspecified atom stereocenters. The molecule has 1 aromatic carbocycles. The van der Waals surface area contributed by atoms with Crippen molar-refractivity contribution in [1.29, 1.82) is 0 Å². The van der Waals surface area contributed by atoms with Gasteiger partial charge in [0.2, 0.25) is 0 Å². The van der Waals surface area contributed by atoms with Crippen LogP contribution in [0, 0.1) is 5.82 Å². The zero-order valence-electron chi connectivity index (χ0n) is 15.1. The van der Waals surface area contributed by atoms with E-state index in [2.05, 4.69) is 4.98 Å². The zero-order chi connectivity index (χ0) is 19.0. The lowest BCUT2D eigenvalue weighted by Crippen LogP contribution is -2.62. The molecule has 2 aliphatic heterocycles.